The summed E-state index contributed by atoms with van der Waals surface area (Å²) in [6, 6.07) is 25.0. The second kappa shape index (κ2) is 11.6. The van der Waals surface area contributed by atoms with Gasteiger partial charge in [0.15, 0.2) is 0 Å². The minimum Gasteiger partial charge on any atom is -0.490 e. The van der Waals surface area contributed by atoms with Crippen LogP contribution in [0.1, 0.15) is 22.5 Å². The molecule has 0 radical (unpaired) electrons. The lowest BCUT2D eigenvalue weighted by molar-refractivity contribution is 0.316. The maximum absolute atomic E-state index is 5.99. The van der Waals surface area contributed by atoms with Crippen LogP contribution in [0.4, 0.5) is 0 Å². The van der Waals surface area contributed by atoms with Gasteiger partial charge in [-0.25, -0.2) is 4.98 Å². The molecule has 0 bridgehead atoms. The molecule has 0 fully saturated rings. The topological polar surface area (TPSA) is 49.9 Å². The van der Waals surface area contributed by atoms with Crippen molar-refractivity contribution in [3.8, 4) is 5.75 Å². The molecule has 158 valence electrons. The Morgan fingerprint density at radius 2 is 1.63 bits per heavy atom. The number of nitrogens with one attached hydrogen (secondary N) is 2. The molecule has 30 heavy (non-hydrogen) atoms. The first-order valence-electron chi connectivity index (χ1n) is 9.68. The molecule has 1 heterocycles. The Balaban J connectivity index is 0.00000160. The molecule has 4 rings (SSSR count). The number of para-hydroxylation sites is 1. The van der Waals surface area contributed by atoms with Crippen LogP contribution in [0, 0.1) is 6.92 Å². The highest BCUT2D eigenvalue weighted by Crippen LogP contribution is 2.24. The van der Waals surface area contributed by atoms with Gasteiger partial charge in [0.25, 0.3) is 0 Å². The fourth-order valence-electron chi connectivity index (χ4n) is 3.22. The number of imidazole rings is 1. The van der Waals surface area contributed by atoms with Crippen LogP contribution in [0.5, 0.6) is 5.75 Å². The molecule has 0 spiro atoms. The molecule has 0 amide bonds. The summed E-state index contributed by atoms with van der Waals surface area (Å²) in [7, 11) is 0. The van der Waals surface area contributed by atoms with E-state index in [1.54, 1.807) is 0 Å². The van der Waals surface area contributed by atoms with E-state index < -0.39 is 0 Å². The average molecular weight is 444 g/mol. The number of hydrogen-bond acceptors (Lipinski definition) is 3. The average Bonchev–Trinajstić information content (AvgIpc) is 3.13. The molecule has 0 unspecified atom stereocenters. The van der Waals surface area contributed by atoms with E-state index in [9.17, 15) is 0 Å². The molecule has 0 saturated carbocycles. The summed E-state index contributed by atoms with van der Waals surface area (Å²) < 4.78 is 5.99. The number of aromatic nitrogens is 2. The second-order valence-electron chi connectivity index (χ2n) is 7.01. The van der Waals surface area contributed by atoms with Crippen molar-refractivity contribution in [2.24, 2.45) is 0 Å². The molecule has 1 aromatic heterocycles. The van der Waals surface area contributed by atoms with Crippen molar-refractivity contribution in [2.45, 2.75) is 19.9 Å². The van der Waals surface area contributed by atoms with Crippen LogP contribution in [0.15, 0.2) is 72.8 Å². The van der Waals surface area contributed by atoms with E-state index in [0.717, 1.165) is 42.1 Å². The lowest BCUT2D eigenvalue weighted by atomic mass is 10.1. The predicted molar refractivity (Wildman–Crippen MR) is 128 cm³/mol. The first kappa shape index (κ1) is 23.7. The molecule has 6 heteroatoms. The SMILES string of the molecule is Cc1ccc(CNCCOc2cccc3[nH]c(Cc4ccccc4)nc23)cc1.Cl.Cl. The van der Waals surface area contributed by atoms with Gasteiger partial charge in [-0.2, -0.15) is 0 Å². The second-order valence-corrected chi connectivity index (χ2v) is 7.01. The van der Waals surface area contributed by atoms with Crippen molar-refractivity contribution in [1.82, 2.24) is 15.3 Å². The van der Waals surface area contributed by atoms with Crippen LogP contribution in [0.3, 0.4) is 0 Å². The zero-order valence-corrected chi connectivity index (χ0v) is 18.6. The number of ether oxygens (including phenoxy) is 1. The smallest absolute Gasteiger partial charge is 0.147 e. The lowest BCUT2D eigenvalue weighted by Gasteiger charge is -2.08. The van der Waals surface area contributed by atoms with Crippen molar-refractivity contribution in [3.63, 3.8) is 0 Å². The van der Waals surface area contributed by atoms with Gasteiger partial charge in [0.2, 0.25) is 0 Å². The Kier molecular flexibility index (Phi) is 9.18. The quantitative estimate of drug-likeness (QED) is 0.354. The van der Waals surface area contributed by atoms with E-state index in [1.807, 2.05) is 24.3 Å². The van der Waals surface area contributed by atoms with Crippen molar-refractivity contribution in [3.05, 3.63) is 95.3 Å². The van der Waals surface area contributed by atoms with Gasteiger partial charge < -0.3 is 15.0 Å². The van der Waals surface area contributed by atoms with Crippen LogP contribution in [-0.2, 0) is 13.0 Å². The maximum atomic E-state index is 5.99. The van der Waals surface area contributed by atoms with Crippen molar-refractivity contribution >= 4 is 35.8 Å². The summed E-state index contributed by atoms with van der Waals surface area (Å²) in [6.45, 7) is 4.33. The molecule has 2 N–H and O–H groups in total. The largest absolute Gasteiger partial charge is 0.490 e. The zero-order valence-electron chi connectivity index (χ0n) is 16.9. The van der Waals surface area contributed by atoms with Gasteiger partial charge in [0.05, 0.1) is 5.52 Å². The van der Waals surface area contributed by atoms with Crippen molar-refractivity contribution in [2.75, 3.05) is 13.2 Å². The fraction of sp³-hybridized carbons (Fsp3) is 0.208. The number of aromatic amines is 1. The Hall–Kier alpha value is -2.53. The standard InChI is InChI=1S/C24H25N3O.2ClH/c1-18-10-12-20(13-11-18)17-25-14-15-28-22-9-5-8-21-24(22)27-23(26-21)16-19-6-3-2-4-7-19;;/h2-13,25H,14-17H2,1H3,(H,26,27);2*1H. The molecule has 0 aliphatic rings. The molecule has 0 atom stereocenters. The Bertz CT molecular complexity index is 1030. The minimum atomic E-state index is 0. The summed E-state index contributed by atoms with van der Waals surface area (Å²) in [6.07, 6.45) is 0.785. The summed E-state index contributed by atoms with van der Waals surface area (Å²) in [5, 5.41) is 3.42. The summed E-state index contributed by atoms with van der Waals surface area (Å²) in [5.41, 5.74) is 5.71. The normalized spacial score (nSPS) is 10.3. The van der Waals surface area contributed by atoms with Gasteiger partial charge in [-0.3, -0.25) is 0 Å². The Labute approximate surface area is 189 Å². The highest BCUT2D eigenvalue weighted by Gasteiger charge is 2.09. The van der Waals surface area contributed by atoms with Gasteiger partial charge in [-0.15, -0.1) is 24.8 Å². The number of benzene rings is 3. The number of fused-ring (bicyclic) bond motifs is 1. The summed E-state index contributed by atoms with van der Waals surface area (Å²) >= 11 is 0. The van der Waals surface area contributed by atoms with E-state index in [4.69, 9.17) is 9.72 Å². The molecule has 4 nitrogen and oxygen atoms in total. The number of H-pyrrole nitrogens is 1. The number of halogens is 2. The van der Waals surface area contributed by atoms with E-state index in [2.05, 4.69) is 65.8 Å². The first-order chi connectivity index (χ1) is 13.8. The predicted octanol–water partition coefficient (Wildman–Crippen LogP) is 5.47. The number of rotatable bonds is 8. The molecule has 4 aromatic rings. The molecule has 0 aliphatic heterocycles. The molecular formula is C24H27Cl2N3O. The Morgan fingerprint density at radius 1 is 0.867 bits per heavy atom. The van der Waals surface area contributed by atoms with Gasteiger partial charge in [-0.1, -0.05) is 66.2 Å². The lowest BCUT2D eigenvalue weighted by Crippen LogP contribution is -2.20. The number of aryl methyl sites for hydroxylation is 1. The van der Waals surface area contributed by atoms with Crippen LogP contribution in [0.25, 0.3) is 11.0 Å². The van der Waals surface area contributed by atoms with E-state index in [0.29, 0.717) is 6.61 Å². The summed E-state index contributed by atoms with van der Waals surface area (Å²) in [5.74, 6) is 1.78. The molecular weight excluding hydrogens is 417 g/mol. The maximum Gasteiger partial charge on any atom is 0.147 e. The third-order valence-electron chi connectivity index (χ3n) is 4.73. The van der Waals surface area contributed by atoms with Gasteiger partial charge >= 0.3 is 0 Å². The molecule has 0 aliphatic carbocycles. The van der Waals surface area contributed by atoms with Crippen LogP contribution in [0.2, 0.25) is 0 Å². The van der Waals surface area contributed by atoms with Crippen LogP contribution < -0.4 is 10.1 Å². The summed E-state index contributed by atoms with van der Waals surface area (Å²) in [4.78, 5) is 8.17. The van der Waals surface area contributed by atoms with Crippen LogP contribution >= 0.6 is 24.8 Å². The highest BCUT2D eigenvalue weighted by atomic mass is 35.5. The minimum absolute atomic E-state index is 0. The third-order valence-corrected chi connectivity index (χ3v) is 4.73. The van der Waals surface area contributed by atoms with E-state index >= 15 is 0 Å². The van der Waals surface area contributed by atoms with Gasteiger partial charge in [0.1, 0.15) is 23.7 Å². The van der Waals surface area contributed by atoms with E-state index in [1.165, 1.54) is 16.7 Å². The number of hydrogen-bond donors (Lipinski definition) is 2. The third kappa shape index (κ3) is 6.23. The monoisotopic (exact) mass is 443 g/mol. The number of nitrogens with zero attached hydrogens (tertiary/aromatic N) is 1. The van der Waals surface area contributed by atoms with Gasteiger partial charge in [0, 0.05) is 19.5 Å². The zero-order chi connectivity index (χ0) is 19.2. The highest BCUT2D eigenvalue weighted by molar-refractivity contribution is 5.85. The van der Waals surface area contributed by atoms with Crippen molar-refractivity contribution < 1.29 is 4.74 Å². The first-order valence-corrected chi connectivity index (χ1v) is 9.68. The molecule has 0 saturated heterocycles. The van der Waals surface area contributed by atoms with Gasteiger partial charge in [-0.05, 0) is 30.2 Å². The molecule has 3 aromatic carbocycles. The van der Waals surface area contributed by atoms with E-state index in [-0.39, 0.29) is 24.8 Å². The van der Waals surface area contributed by atoms with Crippen LogP contribution in [-0.4, -0.2) is 23.1 Å². The Morgan fingerprint density at radius 3 is 2.40 bits per heavy atom. The van der Waals surface area contributed by atoms with Crippen molar-refractivity contribution in [1.29, 1.82) is 0 Å². The fourth-order valence-corrected chi connectivity index (χ4v) is 3.22.